The molecule has 68 valence electrons. The Morgan fingerprint density at radius 2 is 1.85 bits per heavy atom. The second-order valence-electron chi connectivity index (χ2n) is 2.20. The number of ether oxygens (including phenoxy) is 1. The van der Waals surface area contributed by atoms with Gasteiger partial charge >= 0.3 is 5.70 Å². The van der Waals surface area contributed by atoms with Gasteiger partial charge in [0, 0.05) is 0 Å². The molecular weight excluding hydrogens is 178 g/mol. The fourth-order valence-corrected chi connectivity index (χ4v) is 0.905. The molecule has 6 nitrogen and oxygen atoms in total. The molecule has 0 atom stereocenters. The van der Waals surface area contributed by atoms with Crippen LogP contribution in [-0.4, -0.2) is 23.6 Å². The van der Waals surface area contributed by atoms with Crippen LogP contribution in [0.1, 0.15) is 0 Å². The molecule has 0 aromatic rings. The molecule has 0 radical (unpaired) electrons. The molecule has 0 aliphatic heterocycles. The van der Waals surface area contributed by atoms with Crippen molar-refractivity contribution in [3.63, 3.8) is 0 Å². The highest BCUT2D eigenvalue weighted by atomic mass is 16.6. The summed E-state index contributed by atoms with van der Waals surface area (Å²) in [4.78, 5) is 31.3. The first kappa shape index (κ1) is 9.11. The van der Waals surface area contributed by atoms with Gasteiger partial charge in [-0.15, -0.1) is 0 Å². The van der Waals surface area contributed by atoms with E-state index in [1.807, 2.05) is 0 Å². The zero-order valence-corrected chi connectivity index (χ0v) is 6.64. The van der Waals surface area contributed by atoms with Crippen LogP contribution in [0.25, 0.3) is 0 Å². The molecule has 0 saturated carbocycles. The van der Waals surface area contributed by atoms with Crippen LogP contribution in [0.5, 0.6) is 0 Å². The van der Waals surface area contributed by atoms with Gasteiger partial charge in [0.2, 0.25) is 11.5 Å². The van der Waals surface area contributed by atoms with Gasteiger partial charge in [-0.1, -0.05) is 0 Å². The van der Waals surface area contributed by atoms with Gasteiger partial charge in [0.25, 0.3) is 5.78 Å². The van der Waals surface area contributed by atoms with Gasteiger partial charge < -0.3 is 4.74 Å². The zero-order valence-electron chi connectivity index (χ0n) is 6.64. The van der Waals surface area contributed by atoms with Crippen LogP contribution in [0.3, 0.4) is 0 Å². The Labute approximate surface area is 72.6 Å². The minimum Gasteiger partial charge on any atom is -0.487 e. The quantitative estimate of drug-likeness (QED) is 0.337. The van der Waals surface area contributed by atoms with Crippen molar-refractivity contribution < 1.29 is 19.2 Å². The molecule has 0 aromatic carbocycles. The summed E-state index contributed by atoms with van der Waals surface area (Å²) < 4.78 is 4.46. The lowest BCUT2D eigenvalue weighted by molar-refractivity contribution is -0.421. The Hall–Kier alpha value is -1.98. The fraction of sp³-hybridized carbons (Fsp3) is 0.143. The number of nitrogens with zero attached hydrogens (tertiary/aromatic N) is 1. The number of hydrogen-bond acceptors (Lipinski definition) is 5. The summed E-state index contributed by atoms with van der Waals surface area (Å²) in [7, 11) is 1.10. The predicted molar refractivity (Wildman–Crippen MR) is 40.2 cm³/mol. The largest absolute Gasteiger partial charge is 0.487 e. The van der Waals surface area contributed by atoms with Crippen LogP contribution in [0.4, 0.5) is 0 Å². The van der Waals surface area contributed by atoms with E-state index in [1.54, 1.807) is 0 Å². The molecule has 1 aliphatic carbocycles. The molecule has 0 spiro atoms. The average Bonchev–Trinajstić information content (AvgIpc) is 2.07. The molecule has 0 bridgehead atoms. The van der Waals surface area contributed by atoms with Crippen LogP contribution in [-0.2, 0) is 14.3 Å². The number of rotatable bonds is 2. The van der Waals surface area contributed by atoms with Crippen molar-refractivity contribution in [2.24, 2.45) is 0 Å². The Bertz CT molecular complexity index is 352. The van der Waals surface area contributed by atoms with E-state index in [4.69, 9.17) is 0 Å². The molecule has 13 heavy (non-hydrogen) atoms. The van der Waals surface area contributed by atoms with E-state index < -0.39 is 27.9 Å². The van der Waals surface area contributed by atoms with E-state index in [2.05, 4.69) is 4.74 Å². The minimum absolute atomic E-state index is 0.516. The maximum absolute atomic E-state index is 11.0. The van der Waals surface area contributed by atoms with Crippen molar-refractivity contribution >= 4 is 11.6 Å². The molecule has 6 heteroatoms. The van der Waals surface area contributed by atoms with Crippen LogP contribution in [0.2, 0.25) is 0 Å². The highest BCUT2D eigenvalue weighted by molar-refractivity contribution is 6.17. The first-order chi connectivity index (χ1) is 6.07. The van der Waals surface area contributed by atoms with Gasteiger partial charge in [-0.05, 0) is 12.2 Å². The van der Waals surface area contributed by atoms with Gasteiger partial charge in [0.1, 0.15) is 0 Å². The maximum Gasteiger partial charge on any atom is 0.361 e. The summed E-state index contributed by atoms with van der Waals surface area (Å²) in [5, 5.41) is 10.3. The summed E-state index contributed by atoms with van der Waals surface area (Å²) in [5.74, 6) is -2.02. The summed E-state index contributed by atoms with van der Waals surface area (Å²) in [6, 6.07) is 0. The third-order valence-electron chi connectivity index (χ3n) is 1.45. The van der Waals surface area contributed by atoms with Gasteiger partial charge in [-0.2, -0.15) is 0 Å². The first-order valence-corrected chi connectivity index (χ1v) is 3.27. The number of methoxy groups -OCH3 is 1. The molecule has 0 unspecified atom stereocenters. The molecule has 0 saturated heterocycles. The number of ketones is 2. The minimum atomic E-state index is -0.928. The Morgan fingerprint density at radius 3 is 2.23 bits per heavy atom. The Balaban J connectivity index is 3.27. The number of carbonyl (C=O) groups excluding carboxylic acids is 2. The van der Waals surface area contributed by atoms with E-state index in [9.17, 15) is 19.7 Å². The molecule has 0 heterocycles. The molecule has 0 amide bonds. The topological polar surface area (TPSA) is 86.5 Å². The molecule has 0 aromatic heterocycles. The second-order valence-corrected chi connectivity index (χ2v) is 2.20. The first-order valence-electron chi connectivity index (χ1n) is 3.27. The molecular formula is C7H5NO5. The van der Waals surface area contributed by atoms with Crippen molar-refractivity contribution in [3.05, 3.63) is 33.7 Å². The lowest BCUT2D eigenvalue weighted by atomic mass is 10.1. The number of hydrogen-bond donors (Lipinski definition) is 0. The van der Waals surface area contributed by atoms with Gasteiger partial charge in [0.05, 0.1) is 12.0 Å². The number of nitro groups is 1. The summed E-state index contributed by atoms with van der Waals surface area (Å²) in [5.41, 5.74) is -0.810. The maximum atomic E-state index is 11.0. The summed E-state index contributed by atoms with van der Waals surface area (Å²) in [6.07, 6.45) is 1.79. The van der Waals surface area contributed by atoms with Crippen molar-refractivity contribution in [1.29, 1.82) is 0 Å². The second kappa shape index (κ2) is 3.18. The average molecular weight is 183 g/mol. The van der Waals surface area contributed by atoms with Crippen molar-refractivity contribution in [1.82, 2.24) is 0 Å². The van der Waals surface area contributed by atoms with Crippen LogP contribution in [0, 0.1) is 10.1 Å². The van der Waals surface area contributed by atoms with Crippen LogP contribution < -0.4 is 0 Å². The normalized spacial score (nSPS) is 16.4. The summed E-state index contributed by atoms with van der Waals surface area (Å²) >= 11 is 0. The van der Waals surface area contributed by atoms with Gasteiger partial charge in [-0.3, -0.25) is 19.7 Å². The lowest BCUT2D eigenvalue weighted by Crippen LogP contribution is -2.21. The standard InChI is InChI=1S/C7H5NO5/c1-13-7-5(10)3-2-4(9)6(7)8(11)12/h2-3H,1H3. The highest BCUT2D eigenvalue weighted by Gasteiger charge is 2.33. The van der Waals surface area contributed by atoms with Crippen molar-refractivity contribution in [3.8, 4) is 0 Å². The van der Waals surface area contributed by atoms with Crippen molar-refractivity contribution in [2.45, 2.75) is 0 Å². The number of carbonyl (C=O) groups is 2. The fourth-order valence-electron chi connectivity index (χ4n) is 0.905. The lowest BCUT2D eigenvalue weighted by Gasteiger charge is -2.05. The Kier molecular flexibility index (Phi) is 2.23. The van der Waals surface area contributed by atoms with Crippen LogP contribution >= 0.6 is 0 Å². The number of allylic oxidation sites excluding steroid dienone is 2. The molecule has 0 N–H and O–H groups in total. The molecule has 1 aliphatic rings. The van der Waals surface area contributed by atoms with E-state index in [-0.39, 0.29) is 0 Å². The van der Waals surface area contributed by atoms with Crippen molar-refractivity contribution in [2.75, 3.05) is 7.11 Å². The third-order valence-corrected chi connectivity index (χ3v) is 1.45. The van der Waals surface area contributed by atoms with E-state index in [1.165, 1.54) is 0 Å². The van der Waals surface area contributed by atoms with Crippen LogP contribution in [0.15, 0.2) is 23.6 Å². The van der Waals surface area contributed by atoms with E-state index >= 15 is 0 Å². The molecule has 1 rings (SSSR count). The zero-order chi connectivity index (χ0) is 10.0. The smallest absolute Gasteiger partial charge is 0.361 e. The van der Waals surface area contributed by atoms with E-state index in [0.717, 1.165) is 19.3 Å². The Morgan fingerprint density at radius 1 is 1.31 bits per heavy atom. The monoisotopic (exact) mass is 183 g/mol. The third kappa shape index (κ3) is 1.46. The van der Waals surface area contributed by atoms with Gasteiger partial charge in [-0.25, -0.2) is 0 Å². The highest BCUT2D eigenvalue weighted by Crippen LogP contribution is 2.14. The van der Waals surface area contributed by atoms with Gasteiger partial charge in [0.15, 0.2) is 0 Å². The molecule has 0 fully saturated rings. The SMILES string of the molecule is COC1=C([N+](=O)[O-])C(=O)C=CC1=O. The predicted octanol–water partition coefficient (Wildman–Crippen LogP) is -0.171. The van der Waals surface area contributed by atoms with E-state index in [0.29, 0.717) is 0 Å². The summed E-state index contributed by atoms with van der Waals surface area (Å²) in [6.45, 7) is 0.